The summed E-state index contributed by atoms with van der Waals surface area (Å²) in [6.07, 6.45) is 3.44. The van der Waals surface area contributed by atoms with Crippen LogP contribution in [0.1, 0.15) is 11.1 Å². The van der Waals surface area contributed by atoms with Gasteiger partial charge in [0, 0.05) is 18.9 Å². The fraction of sp³-hybridized carbons (Fsp3) is 0.250. The molecule has 0 atom stereocenters. The zero-order valence-corrected chi connectivity index (χ0v) is 12.2. The second-order valence-corrected chi connectivity index (χ2v) is 4.70. The number of amides is 1. The topological polar surface area (TPSA) is 63.2 Å². The molecule has 0 fully saturated rings. The van der Waals surface area contributed by atoms with Crippen molar-refractivity contribution in [3.63, 3.8) is 0 Å². The van der Waals surface area contributed by atoms with Crippen molar-refractivity contribution >= 4 is 11.6 Å². The normalized spacial score (nSPS) is 10.0. The molecule has 110 valence electrons. The molecule has 0 aliphatic carbocycles. The summed E-state index contributed by atoms with van der Waals surface area (Å²) in [6.45, 7) is 2.66. The molecule has 0 saturated heterocycles. The maximum atomic E-state index is 11.8. The fourth-order valence-electron chi connectivity index (χ4n) is 1.90. The van der Waals surface area contributed by atoms with Gasteiger partial charge in [0.1, 0.15) is 5.75 Å². The number of benzene rings is 1. The lowest BCUT2D eigenvalue weighted by Gasteiger charge is -2.12. The van der Waals surface area contributed by atoms with E-state index < -0.39 is 0 Å². The van der Waals surface area contributed by atoms with Crippen LogP contribution in [-0.2, 0) is 11.3 Å². The molecule has 0 aliphatic rings. The molecular weight excluding hydrogens is 266 g/mol. The zero-order valence-electron chi connectivity index (χ0n) is 12.2. The van der Waals surface area contributed by atoms with Gasteiger partial charge in [-0.25, -0.2) is 0 Å². The molecule has 2 aromatic rings. The molecule has 5 heteroatoms. The molecule has 2 N–H and O–H groups in total. The van der Waals surface area contributed by atoms with Gasteiger partial charge in [-0.05, 0) is 36.2 Å². The first kappa shape index (κ1) is 14.8. The Morgan fingerprint density at radius 2 is 2.19 bits per heavy atom. The molecule has 1 aromatic carbocycles. The summed E-state index contributed by atoms with van der Waals surface area (Å²) in [7, 11) is 1.61. The van der Waals surface area contributed by atoms with E-state index in [0.717, 1.165) is 22.6 Å². The van der Waals surface area contributed by atoms with Gasteiger partial charge < -0.3 is 15.4 Å². The highest BCUT2D eigenvalue weighted by atomic mass is 16.5. The maximum absolute atomic E-state index is 11.8. The SMILES string of the molecule is COc1ccc(C)cc1NCC(=O)NCc1cccnc1. The first-order valence-corrected chi connectivity index (χ1v) is 6.73. The van der Waals surface area contributed by atoms with Crippen LogP contribution in [0.4, 0.5) is 5.69 Å². The van der Waals surface area contributed by atoms with Crippen LogP contribution in [0.3, 0.4) is 0 Å². The number of ether oxygens (including phenoxy) is 1. The van der Waals surface area contributed by atoms with Gasteiger partial charge in [-0.3, -0.25) is 9.78 Å². The number of carbonyl (C=O) groups excluding carboxylic acids is 1. The van der Waals surface area contributed by atoms with Crippen LogP contribution in [0.25, 0.3) is 0 Å². The van der Waals surface area contributed by atoms with Crippen molar-refractivity contribution in [2.45, 2.75) is 13.5 Å². The minimum absolute atomic E-state index is 0.0811. The quantitative estimate of drug-likeness (QED) is 0.853. The van der Waals surface area contributed by atoms with Gasteiger partial charge in [0.25, 0.3) is 0 Å². The van der Waals surface area contributed by atoms with Gasteiger partial charge in [-0.2, -0.15) is 0 Å². The van der Waals surface area contributed by atoms with E-state index in [1.54, 1.807) is 19.5 Å². The van der Waals surface area contributed by atoms with E-state index >= 15 is 0 Å². The Bertz CT molecular complexity index is 600. The van der Waals surface area contributed by atoms with Crippen molar-refractivity contribution < 1.29 is 9.53 Å². The lowest BCUT2D eigenvalue weighted by Crippen LogP contribution is -2.29. The third-order valence-electron chi connectivity index (χ3n) is 3.01. The van der Waals surface area contributed by atoms with E-state index in [1.807, 2.05) is 37.3 Å². The van der Waals surface area contributed by atoms with E-state index in [4.69, 9.17) is 4.74 Å². The van der Waals surface area contributed by atoms with Crippen LogP contribution < -0.4 is 15.4 Å². The van der Waals surface area contributed by atoms with E-state index in [-0.39, 0.29) is 12.5 Å². The van der Waals surface area contributed by atoms with Crippen molar-refractivity contribution in [3.05, 3.63) is 53.9 Å². The Balaban J connectivity index is 1.85. The molecule has 0 unspecified atom stereocenters. The molecule has 0 saturated carbocycles. The van der Waals surface area contributed by atoms with Crippen molar-refractivity contribution in [2.24, 2.45) is 0 Å². The second kappa shape index (κ2) is 7.28. The van der Waals surface area contributed by atoms with E-state index in [2.05, 4.69) is 15.6 Å². The highest BCUT2D eigenvalue weighted by molar-refractivity contribution is 5.81. The van der Waals surface area contributed by atoms with Gasteiger partial charge >= 0.3 is 0 Å². The molecule has 0 radical (unpaired) electrons. The zero-order chi connectivity index (χ0) is 15.1. The predicted octanol–water partition coefficient (Wildman–Crippen LogP) is 2.13. The molecule has 1 heterocycles. The fourth-order valence-corrected chi connectivity index (χ4v) is 1.90. The number of rotatable bonds is 6. The number of methoxy groups -OCH3 is 1. The lowest BCUT2D eigenvalue weighted by atomic mass is 10.2. The van der Waals surface area contributed by atoms with E-state index in [1.165, 1.54) is 0 Å². The maximum Gasteiger partial charge on any atom is 0.239 e. The smallest absolute Gasteiger partial charge is 0.239 e. The van der Waals surface area contributed by atoms with Crippen molar-refractivity contribution in [2.75, 3.05) is 19.0 Å². The molecule has 1 aromatic heterocycles. The second-order valence-electron chi connectivity index (χ2n) is 4.70. The largest absolute Gasteiger partial charge is 0.495 e. The Kier molecular flexibility index (Phi) is 5.15. The van der Waals surface area contributed by atoms with Crippen LogP contribution in [0.5, 0.6) is 5.75 Å². The first-order valence-electron chi connectivity index (χ1n) is 6.73. The van der Waals surface area contributed by atoms with E-state index in [9.17, 15) is 4.79 Å². The molecule has 0 spiro atoms. The summed E-state index contributed by atoms with van der Waals surface area (Å²) in [4.78, 5) is 15.8. The molecule has 21 heavy (non-hydrogen) atoms. The molecule has 5 nitrogen and oxygen atoms in total. The Morgan fingerprint density at radius 1 is 1.33 bits per heavy atom. The minimum Gasteiger partial charge on any atom is -0.495 e. The summed E-state index contributed by atoms with van der Waals surface area (Å²) < 4.78 is 5.26. The highest BCUT2D eigenvalue weighted by Crippen LogP contribution is 2.24. The summed E-state index contributed by atoms with van der Waals surface area (Å²) in [5, 5.41) is 5.93. The highest BCUT2D eigenvalue weighted by Gasteiger charge is 2.05. The summed E-state index contributed by atoms with van der Waals surface area (Å²) >= 11 is 0. The average molecular weight is 285 g/mol. The van der Waals surface area contributed by atoms with Crippen LogP contribution in [0.15, 0.2) is 42.7 Å². The standard InChI is InChI=1S/C16H19N3O2/c1-12-5-6-15(21-2)14(8-12)18-11-16(20)19-10-13-4-3-7-17-9-13/h3-9,18H,10-11H2,1-2H3,(H,19,20). The Morgan fingerprint density at radius 3 is 2.90 bits per heavy atom. The number of carbonyl (C=O) groups is 1. The number of aromatic nitrogens is 1. The van der Waals surface area contributed by atoms with Crippen LogP contribution in [0.2, 0.25) is 0 Å². The predicted molar refractivity (Wildman–Crippen MR) is 82.3 cm³/mol. The number of pyridine rings is 1. The molecule has 0 bridgehead atoms. The van der Waals surface area contributed by atoms with Gasteiger partial charge in [0.2, 0.25) is 5.91 Å². The molecule has 2 rings (SSSR count). The van der Waals surface area contributed by atoms with Crippen LogP contribution in [0, 0.1) is 6.92 Å². The monoisotopic (exact) mass is 285 g/mol. The van der Waals surface area contributed by atoms with Gasteiger partial charge in [0.05, 0.1) is 19.3 Å². The summed E-state index contributed by atoms with van der Waals surface area (Å²) in [5.74, 6) is 0.642. The van der Waals surface area contributed by atoms with Crippen molar-refractivity contribution in [3.8, 4) is 5.75 Å². The molecule has 1 amide bonds. The first-order chi connectivity index (χ1) is 10.2. The van der Waals surface area contributed by atoms with Crippen molar-refractivity contribution in [1.82, 2.24) is 10.3 Å². The van der Waals surface area contributed by atoms with Gasteiger partial charge in [0.15, 0.2) is 0 Å². The lowest BCUT2D eigenvalue weighted by molar-refractivity contribution is -0.119. The van der Waals surface area contributed by atoms with Crippen LogP contribution >= 0.6 is 0 Å². The third kappa shape index (κ3) is 4.49. The van der Waals surface area contributed by atoms with Crippen molar-refractivity contribution in [1.29, 1.82) is 0 Å². The summed E-state index contributed by atoms with van der Waals surface area (Å²) in [6, 6.07) is 9.56. The number of hydrogen-bond acceptors (Lipinski definition) is 4. The average Bonchev–Trinajstić information content (AvgIpc) is 2.52. The number of nitrogens with zero attached hydrogens (tertiary/aromatic N) is 1. The van der Waals surface area contributed by atoms with Gasteiger partial charge in [-0.1, -0.05) is 12.1 Å². The minimum atomic E-state index is -0.0811. The number of aryl methyl sites for hydroxylation is 1. The molecular formula is C16H19N3O2. The number of nitrogens with one attached hydrogen (secondary N) is 2. The van der Waals surface area contributed by atoms with E-state index in [0.29, 0.717) is 6.54 Å². The van der Waals surface area contributed by atoms with Crippen LogP contribution in [-0.4, -0.2) is 24.5 Å². The molecule has 0 aliphatic heterocycles. The Labute approximate surface area is 124 Å². The number of anilines is 1. The third-order valence-corrected chi connectivity index (χ3v) is 3.01. The van der Waals surface area contributed by atoms with Gasteiger partial charge in [-0.15, -0.1) is 0 Å². The summed E-state index contributed by atoms with van der Waals surface area (Å²) in [5.41, 5.74) is 2.89. The Hall–Kier alpha value is -2.56. The number of hydrogen-bond donors (Lipinski definition) is 2.